The molecular weight excluding hydrogens is 274 g/mol. The van der Waals surface area contributed by atoms with Crippen LogP contribution < -0.4 is 9.47 Å². The maximum atomic E-state index is 6.25. The minimum absolute atomic E-state index is 0.303. The van der Waals surface area contributed by atoms with E-state index < -0.39 is 0 Å². The Kier molecular flexibility index (Phi) is 3.30. The molecule has 0 aliphatic carbocycles. The Hall–Kier alpha value is -2.00. The highest BCUT2D eigenvalue weighted by atomic mass is 16.5. The summed E-state index contributed by atoms with van der Waals surface area (Å²) in [6.07, 6.45) is 7.09. The van der Waals surface area contributed by atoms with Crippen molar-refractivity contribution in [1.82, 2.24) is 4.90 Å². The molecule has 2 bridgehead atoms. The van der Waals surface area contributed by atoms with Gasteiger partial charge in [0.05, 0.1) is 7.11 Å². The summed E-state index contributed by atoms with van der Waals surface area (Å²) in [4.78, 5) is 2.44. The van der Waals surface area contributed by atoms with Crippen LogP contribution in [-0.4, -0.2) is 37.2 Å². The summed E-state index contributed by atoms with van der Waals surface area (Å²) in [5.74, 6) is 1.85. The van der Waals surface area contributed by atoms with E-state index in [0.29, 0.717) is 18.2 Å². The molecule has 114 valence electrons. The van der Waals surface area contributed by atoms with Gasteiger partial charge in [-0.15, -0.1) is 0 Å². The van der Waals surface area contributed by atoms with Crippen LogP contribution in [0, 0.1) is 0 Å². The number of benzene rings is 2. The molecule has 4 rings (SSSR count). The van der Waals surface area contributed by atoms with Gasteiger partial charge in [-0.25, -0.2) is 0 Å². The van der Waals surface area contributed by atoms with Crippen molar-refractivity contribution in [2.75, 3.05) is 14.2 Å². The lowest BCUT2D eigenvalue weighted by atomic mass is 9.99. The molecule has 3 nitrogen and oxygen atoms in total. The summed E-state index contributed by atoms with van der Waals surface area (Å²) in [6.45, 7) is 0. The van der Waals surface area contributed by atoms with Crippen molar-refractivity contribution in [2.45, 2.75) is 31.0 Å². The van der Waals surface area contributed by atoms with Crippen LogP contribution in [0.2, 0.25) is 0 Å². The first kappa shape index (κ1) is 13.6. The molecule has 0 spiro atoms. The topological polar surface area (TPSA) is 21.7 Å². The van der Waals surface area contributed by atoms with Gasteiger partial charge in [-0.3, -0.25) is 4.90 Å². The molecule has 0 radical (unpaired) electrons. The zero-order chi connectivity index (χ0) is 15.1. The van der Waals surface area contributed by atoms with Crippen LogP contribution in [0.25, 0.3) is 10.8 Å². The molecule has 2 aromatic carbocycles. The fraction of sp³-hybridized carbons (Fsp3) is 0.368. The van der Waals surface area contributed by atoms with Crippen molar-refractivity contribution in [1.29, 1.82) is 0 Å². The molecule has 3 atom stereocenters. The molecule has 1 saturated heterocycles. The van der Waals surface area contributed by atoms with E-state index in [0.717, 1.165) is 24.3 Å². The predicted molar refractivity (Wildman–Crippen MR) is 88.6 cm³/mol. The van der Waals surface area contributed by atoms with Crippen molar-refractivity contribution < 1.29 is 9.47 Å². The zero-order valence-electron chi connectivity index (χ0n) is 13.0. The first-order valence-corrected chi connectivity index (χ1v) is 7.87. The van der Waals surface area contributed by atoms with Crippen molar-refractivity contribution >= 4 is 10.8 Å². The number of piperidine rings is 1. The van der Waals surface area contributed by atoms with Crippen molar-refractivity contribution in [3.05, 3.63) is 48.6 Å². The van der Waals surface area contributed by atoms with Gasteiger partial charge in [0.2, 0.25) is 0 Å². The van der Waals surface area contributed by atoms with Crippen LogP contribution in [0.1, 0.15) is 12.8 Å². The Balaban J connectivity index is 1.53. The molecule has 0 aromatic heterocycles. The standard InChI is InChI=1S/C19H21NO2/c1-20-15-5-6-16(20)12-19(11-15)22-18-8-4-13-9-17(21-2)7-3-14(13)10-18/h3-10,15-16,19H,11-12H2,1-2H3/t15-,16+,19?. The molecule has 1 unspecified atom stereocenters. The van der Waals surface area contributed by atoms with Crippen LogP contribution in [-0.2, 0) is 0 Å². The highest BCUT2D eigenvalue weighted by molar-refractivity contribution is 5.85. The lowest BCUT2D eigenvalue weighted by molar-refractivity contribution is 0.0752. The summed E-state index contributed by atoms with van der Waals surface area (Å²) in [7, 11) is 3.90. The molecule has 2 aliphatic heterocycles. The fourth-order valence-electron chi connectivity index (χ4n) is 3.59. The van der Waals surface area contributed by atoms with Gasteiger partial charge in [0.15, 0.2) is 0 Å². The lowest BCUT2D eigenvalue weighted by Gasteiger charge is -2.36. The van der Waals surface area contributed by atoms with E-state index in [1.54, 1.807) is 7.11 Å². The van der Waals surface area contributed by atoms with Gasteiger partial charge >= 0.3 is 0 Å². The normalized spacial score (nSPS) is 27.3. The van der Waals surface area contributed by atoms with Crippen LogP contribution in [0.3, 0.4) is 0 Å². The van der Waals surface area contributed by atoms with Gasteiger partial charge in [0.1, 0.15) is 17.6 Å². The predicted octanol–water partition coefficient (Wildman–Crippen LogP) is 3.63. The van der Waals surface area contributed by atoms with Crippen LogP contribution in [0.4, 0.5) is 0 Å². The van der Waals surface area contributed by atoms with E-state index in [1.165, 1.54) is 10.8 Å². The average molecular weight is 295 g/mol. The minimum atomic E-state index is 0.303. The van der Waals surface area contributed by atoms with Gasteiger partial charge < -0.3 is 9.47 Å². The monoisotopic (exact) mass is 295 g/mol. The van der Waals surface area contributed by atoms with Crippen LogP contribution in [0.5, 0.6) is 11.5 Å². The first-order chi connectivity index (χ1) is 10.7. The maximum Gasteiger partial charge on any atom is 0.120 e. The third-order valence-corrected chi connectivity index (χ3v) is 4.93. The SMILES string of the molecule is COc1ccc2cc(OC3C[C@H]4C=C[C@@H](C3)N4C)ccc2c1. The molecular formula is C19H21NO2. The van der Waals surface area contributed by atoms with Crippen molar-refractivity contribution in [3.8, 4) is 11.5 Å². The summed E-state index contributed by atoms with van der Waals surface area (Å²) >= 11 is 0. The summed E-state index contributed by atoms with van der Waals surface area (Å²) in [6, 6.07) is 13.5. The number of rotatable bonds is 3. The van der Waals surface area contributed by atoms with E-state index in [-0.39, 0.29) is 0 Å². The zero-order valence-corrected chi connectivity index (χ0v) is 13.0. The minimum Gasteiger partial charge on any atom is -0.497 e. The Morgan fingerprint density at radius 3 is 2.14 bits per heavy atom. The second-order valence-electron chi connectivity index (χ2n) is 6.27. The smallest absolute Gasteiger partial charge is 0.120 e. The van der Waals surface area contributed by atoms with Gasteiger partial charge in [-0.1, -0.05) is 24.3 Å². The Labute approximate surface area is 131 Å². The third-order valence-electron chi connectivity index (χ3n) is 4.93. The largest absolute Gasteiger partial charge is 0.497 e. The molecule has 2 heterocycles. The first-order valence-electron chi connectivity index (χ1n) is 7.87. The Morgan fingerprint density at radius 2 is 1.50 bits per heavy atom. The lowest BCUT2D eigenvalue weighted by Crippen LogP contribution is -2.44. The maximum absolute atomic E-state index is 6.25. The average Bonchev–Trinajstić information content (AvgIpc) is 2.75. The van der Waals surface area contributed by atoms with Crippen LogP contribution in [0.15, 0.2) is 48.6 Å². The number of hydrogen-bond donors (Lipinski definition) is 0. The molecule has 3 heteroatoms. The van der Waals surface area contributed by atoms with E-state index in [4.69, 9.17) is 9.47 Å². The number of nitrogens with zero attached hydrogens (tertiary/aromatic N) is 1. The number of ether oxygens (including phenoxy) is 2. The quantitative estimate of drug-likeness (QED) is 0.807. The van der Waals surface area contributed by atoms with Gasteiger partial charge in [-0.05, 0) is 42.1 Å². The van der Waals surface area contributed by atoms with Crippen molar-refractivity contribution in [2.24, 2.45) is 0 Å². The molecule has 1 fully saturated rings. The third kappa shape index (κ3) is 2.35. The fourth-order valence-corrected chi connectivity index (χ4v) is 3.59. The van der Waals surface area contributed by atoms with E-state index >= 15 is 0 Å². The van der Waals surface area contributed by atoms with Gasteiger partial charge in [0, 0.05) is 24.9 Å². The number of likely N-dealkylation sites (N-methyl/N-ethyl adjacent to an activating group) is 1. The molecule has 0 saturated carbocycles. The molecule has 2 aromatic rings. The van der Waals surface area contributed by atoms with E-state index in [1.807, 2.05) is 6.07 Å². The number of fused-ring (bicyclic) bond motifs is 3. The van der Waals surface area contributed by atoms with E-state index in [9.17, 15) is 0 Å². The number of hydrogen-bond acceptors (Lipinski definition) is 3. The second-order valence-corrected chi connectivity index (χ2v) is 6.27. The molecule has 0 N–H and O–H groups in total. The van der Waals surface area contributed by atoms with Crippen LogP contribution >= 0.6 is 0 Å². The Bertz CT molecular complexity index is 708. The van der Waals surface area contributed by atoms with E-state index in [2.05, 4.69) is 54.4 Å². The molecule has 0 amide bonds. The second kappa shape index (κ2) is 5.33. The molecule has 22 heavy (non-hydrogen) atoms. The van der Waals surface area contributed by atoms with Gasteiger partial charge in [-0.2, -0.15) is 0 Å². The highest BCUT2D eigenvalue weighted by Gasteiger charge is 2.35. The van der Waals surface area contributed by atoms with Crippen molar-refractivity contribution in [3.63, 3.8) is 0 Å². The number of methoxy groups -OCH3 is 1. The summed E-state index contributed by atoms with van der Waals surface area (Å²) < 4.78 is 11.5. The molecule has 2 aliphatic rings. The summed E-state index contributed by atoms with van der Waals surface area (Å²) in [5, 5.41) is 2.36. The summed E-state index contributed by atoms with van der Waals surface area (Å²) in [5.41, 5.74) is 0. The highest BCUT2D eigenvalue weighted by Crippen LogP contribution is 2.32. The van der Waals surface area contributed by atoms with Gasteiger partial charge in [0.25, 0.3) is 0 Å². The Morgan fingerprint density at radius 1 is 0.909 bits per heavy atom.